The van der Waals surface area contributed by atoms with Crippen molar-refractivity contribution in [2.24, 2.45) is 5.73 Å². The van der Waals surface area contributed by atoms with E-state index in [1.165, 1.54) is 0 Å². The molecule has 20 heavy (non-hydrogen) atoms. The van der Waals surface area contributed by atoms with Crippen molar-refractivity contribution in [1.82, 2.24) is 4.90 Å². The van der Waals surface area contributed by atoms with Crippen LogP contribution >= 0.6 is 15.9 Å². The minimum atomic E-state index is -0.683. The molecule has 1 fully saturated rings. The average Bonchev–Trinajstić information content (AvgIpc) is 2.91. The summed E-state index contributed by atoms with van der Waals surface area (Å²) in [7, 11) is 0. The monoisotopic (exact) mass is 339 g/mol. The quantitative estimate of drug-likeness (QED) is 0.857. The number of carbonyl (C=O) groups excluding carboxylic acids is 2. The van der Waals surface area contributed by atoms with Crippen LogP contribution in [0.1, 0.15) is 19.3 Å². The first-order valence-electron chi connectivity index (χ1n) is 6.65. The Kier molecular flexibility index (Phi) is 5.00. The topological polar surface area (TPSA) is 75.4 Å². The maximum Gasteiger partial charge on any atom is 0.240 e. The summed E-state index contributed by atoms with van der Waals surface area (Å²) in [5, 5.41) is 3.02. The van der Waals surface area contributed by atoms with Gasteiger partial charge in [0.25, 0.3) is 0 Å². The van der Waals surface area contributed by atoms with Crippen molar-refractivity contribution in [2.75, 3.05) is 18.4 Å². The van der Waals surface area contributed by atoms with Gasteiger partial charge in [0.05, 0.1) is 6.42 Å². The van der Waals surface area contributed by atoms with Crippen LogP contribution in [0.15, 0.2) is 28.7 Å². The largest absolute Gasteiger partial charge is 0.373 e. The summed E-state index contributed by atoms with van der Waals surface area (Å²) in [5.74, 6) is -0.536. The highest BCUT2D eigenvalue weighted by Gasteiger charge is 2.24. The highest BCUT2D eigenvalue weighted by atomic mass is 79.9. The van der Waals surface area contributed by atoms with Gasteiger partial charge in [0.1, 0.15) is 6.04 Å². The smallest absolute Gasteiger partial charge is 0.240 e. The number of nitrogens with zero attached hydrogens (tertiary/aromatic N) is 1. The molecule has 5 nitrogen and oxygen atoms in total. The van der Waals surface area contributed by atoms with E-state index in [1.807, 2.05) is 24.3 Å². The second-order valence-electron chi connectivity index (χ2n) is 4.90. The standard InChI is InChI=1S/C14H18BrN3O2/c15-10-4-3-5-11(8-10)17-12(14(16)20)9-13(19)18-6-1-2-7-18/h3-5,8,12,17H,1-2,6-7,9H2,(H2,16,20). The van der Waals surface area contributed by atoms with Crippen molar-refractivity contribution in [3.8, 4) is 0 Å². The van der Waals surface area contributed by atoms with Crippen LogP contribution in [0.25, 0.3) is 0 Å². The summed E-state index contributed by atoms with van der Waals surface area (Å²) in [6.45, 7) is 1.56. The molecule has 0 radical (unpaired) electrons. The van der Waals surface area contributed by atoms with Gasteiger partial charge in [0.15, 0.2) is 0 Å². The number of amides is 2. The molecule has 1 unspecified atom stereocenters. The van der Waals surface area contributed by atoms with Crippen LogP contribution in [0.2, 0.25) is 0 Å². The molecule has 1 aliphatic rings. The number of primary amides is 1. The summed E-state index contributed by atoms with van der Waals surface area (Å²) in [5.41, 5.74) is 6.15. The lowest BCUT2D eigenvalue weighted by Gasteiger charge is -2.20. The van der Waals surface area contributed by atoms with Crippen LogP contribution in [0.3, 0.4) is 0 Å². The molecule has 0 aliphatic carbocycles. The summed E-state index contributed by atoms with van der Waals surface area (Å²) >= 11 is 3.36. The summed E-state index contributed by atoms with van der Waals surface area (Å²) in [4.78, 5) is 25.4. The summed E-state index contributed by atoms with van der Waals surface area (Å²) in [6.07, 6.45) is 2.17. The van der Waals surface area contributed by atoms with Gasteiger partial charge < -0.3 is 16.0 Å². The maximum absolute atomic E-state index is 12.1. The Bertz CT molecular complexity index is 501. The zero-order chi connectivity index (χ0) is 14.5. The van der Waals surface area contributed by atoms with Crippen LogP contribution < -0.4 is 11.1 Å². The highest BCUT2D eigenvalue weighted by Crippen LogP contribution is 2.18. The fraction of sp³-hybridized carbons (Fsp3) is 0.429. The van der Waals surface area contributed by atoms with Gasteiger partial charge in [0, 0.05) is 23.2 Å². The third-order valence-corrected chi connectivity index (χ3v) is 3.84. The Hall–Kier alpha value is -1.56. The number of benzene rings is 1. The van der Waals surface area contributed by atoms with Gasteiger partial charge in [-0.1, -0.05) is 22.0 Å². The van der Waals surface area contributed by atoms with Crippen molar-refractivity contribution in [3.05, 3.63) is 28.7 Å². The van der Waals surface area contributed by atoms with Gasteiger partial charge in [0.2, 0.25) is 11.8 Å². The molecule has 1 aliphatic heterocycles. The van der Waals surface area contributed by atoms with Crippen molar-refractivity contribution in [1.29, 1.82) is 0 Å². The van der Waals surface area contributed by atoms with E-state index in [-0.39, 0.29) is 12.3 Å². The molecule has 108 valence electrons. The van der Waals surface area contributed by atoms with E-state index >= 15 is 0 Å². The van der Waals surface area contributed by atoms with E-state index in [9.17, 15) is 9.59 Å². The van der Waals surface area contributed by atoms with Crippen LogP contribution in [-0.2, 0) is 9.59 Å². The fourth-order valence-electron chi connectivity index (χ4n) is 2.27. The number of carbonyl (C=O) groups is 2. The molecule has 1 heterocycles. The van der Waals surface area contributed by atoms with E-state index in [0.717, 1.165) is 36.1 Å². The Labute approximate surface area is 126 Å². The first-order valence-corrected chi connectivity index (χ1v) is 7.45. The SMILES string of the molecule is NC(=O)C(CC(=O)N1CCCC1)Nc1cccc(Br)c1. The number of anilines is 1. The normalized spacial score (nSPS) is 15.9. The number of hydrogen-bond donors (Lipinski definition) is 2. The zero-order valence-corrected chi connectivity index (χ0v) is 12.7. The van der Waals surface area contributed by atoms with E-state index in [1.54, 1.807) is 4.90 Å². The molecular weight excluding hydrogens is 322 g/mol. The number of likely N-dealkylation sites (tertiary alicyclic amines) is 1. The molecule has 1 saturated heterocycles. The molecule has 1 aromatic rings. The molecule has 3 N–H and O–H groups in total. The number of hydrogen-bond acceptors (Lipinski definition) is 3. The first-order chi connectivity index (χ1) is 9.56. The van der Waals surface area contributed by atoms with E-state index in [4.69, 9.17) is 5.73 Å². The Morgan fingerprint density at radius 2 is 2.05 bits per heavy atom. The Balaban J connectivity index is 2.00. The van der Waals surface area contributed by atoms with Crippen LogP contribution in [0.5, 0.6) is 0 Å². The number of nitrogens with one attached hydrogen (secondary N) is 1. The van der Waals surface area contributed by atoms with Gasteiger partial charge in [-0.05, 0) is 31.0 Å². The highest BCUT2D eigenvalue weighted by molar-refractivity contribution is 9.10. The fourth-order valence-corrected chi connectivity index (χ4v) is 2.67. The molecule has 0 saturated carbocycles. The maximum atomic E-state index is 12.1. The van der Waals surface area contributed by atoms with Gasteiger partial charge in [-0.15, -0.1) is 0 Å². The molecule has 0 aromatic heterocycles. The summed E-state index contributed by atoms with van der Waals surface area (Å²) in [6, 6.07) is 6.74. The average molecular weight is 340 g/mol. The predicted octanol–water partition coefficient (Wildman–Crippen LogP) is 1.73. The second kappa shape index (κ2) is 6.74. The molecule has 2 rings (SSSR count). The van der Waals surface area contributed by atoms with Gasteiger partial charge in [-0.2, -0.15) is 0 Å². The molecule has 0 bridgehead atoms. The van der Waals surface area contributed by atoms with Gasteiger partial charge in [-0.3, -0.25) is 9.59 Å². The lowest BCUT2D eigenvalue weighted by atomic mass is 10.1. The van der Waals surface area contributed by atoms with Crippen molar-refractivity contribution in [3.63, 3.8) is 0 Å². The van der Waals surface area contributed by atoms with Crippen LogP contribution in [0.4, 0.5) is 5.69 Å². The number of nitrogens with two attached hydrogens (primary N) is 1. The van der Waals surface area contributed by atoms with Gasteiger partial charge >= 0.3 is 0 Å². The summed E-state index contributed by atoms with van der Waals surface area (Å²) < 4.78 is 0.900. The van der Waals surface area contributed by atoms with Crippen LogP contribution in [-0.4, -0.2) is 35.8 Å². The van der Waals surface area contributed by atoms with E-state index in [0.29, 0.717) is 0 Å². The van der Waals surface area contributed by atoms with E-state index < -0.39 is 11.9 Å². The Morgan fingerprint density at radius 1 is 1.35 bits per heavy atom. The van der Waals surface area contributed by atoms with Crippen molar-refractivity contribution in [2.45, 2.75) is 25.3 Å². The van der Waals surface area contributed by atoms with Crippen molar-refractivity contribution < 1.29 is 9.59 Å². The molecular formula is C14H18BrN3O2. The minimum absolute atomic E-state index is 0.0196. The number of rotatable bonds is 5. The molecule has 2 amide bonds. The van der Waals surface area contributed by atoms with Crippen LogP contribution in [0, 0.1) is 0 Å². The molecule has 1 aromatic carbocycles. The van der Waals surface area contributed by atoms with Gasteiger partial charge in [-0.25, -0.2) is 0 Å². The Morgan fingerprint density at radius 3 is 2.65 bits per heavy atom. The van der Waals surface area contributed by atoms with Crippen molar-refractivity contribution >= 4 is 33.4 Å². The lowest BCUT2D eigenvalue weighted by Crippen LogP contribution is -2.41. The van der Waals surface area contributed by atoms with E-state index in [2.05, 4.69) is 21.2 Å². The lowest BCUT2D eigenvalue weighted by molar-refractivity contribution is -0.132. The second-order valence-corrected chi connectivity index (χ2v) is 5.82. The first kappa shape index (κ1) is 14.8. The minimum Gasteiger partial charge on any atom is -0.373 e. The molecule has 0 spiro atoms. The third kappa shape index (κ3) is 3.96. The molecule has 1 atom stereocenters. The zero-order valence-electron chi connectivity index (χ0n) is 11.1. The number of halogens is 1. The predicted molar refractivity (Wildman–Crippen MR) is 81.2 cm³/mol. The third-order valence-electron chi connectivity index (χ3n) is 3.35. The molecule has 6 heteroatoms.